The van der Waals surface area contributed by atoms with Crippen molar-refractivity contribution >= 4 is 40.7 Å². The number of halogens is 2. The van der Waals surface area contributed by atoms with Crippen LogP contribution in [0.15, 0.2) is 24.3 Å². The zero-order valence-electron chi connectivity index (χ0n) is 13.7. The van der Waals surface area contributed by atoms with Crippen LogP contribution >= 0.6 is 23.2 Å². The maximum Gasteiger partial charge on any atom is 0.252 e. The highest BCUT2D eigenvalue weighted by molar-refractivity contribution is 6.36. The number of rotatable bonds is 6. The van der Waals surface area contributed by atoms with Crippen LogP contribution in [0.5, 0.6) is 0 Å². The molecular weight excluding hydrogens is 349 g/mol. The smallest absolute Gasteiger partial charge is 0.252 e. The van der Waals surface area contributed by atoms with Crippen molar-refractivity contribution in [2.24, 2.45) is 0 Å². The second-order valence-corrected chi connectivity index (χ2v) is 6.20. The molecule has 2 rings (SSSR count). The van der Waals surface area contributed by atoms with Gasteiger partial charge in [-0.3, -0.25) is 4.79 Å². The topological polar surface area (TPSA) is 70.2 Å². The van der Waals surface area contributed by atoms with E-state index in [1.165, 1.54) is 0 Å². The number of hydrogen-bond acceptors (Lipinski definition) is 5. The number of benzene rings is 1. The summed E-state index contributed by atoms with van der Waals surface area (Å²) < 4.78 is 0. The summed E-state index contributed by atoms with van der Waals surface area (Å²) in [5.41, 5.74) is 0.397. The number of nitrogens with one attached hydrogen (secondary N) is 2. The van der Waals surface area contributed by atoms with Crippen molar-refractivity contribution in [3.8, 4) is 0 Å². The molecule has 0 bridgehead atoms. The van der Waals surface area contributed by atoms with E-state index in [0.717, 1.165) is 5.82 Å². The molecule has 0 spiro atoms. The average molecular weight is 368 g/mol. The third-order valence-corrected chi connectivity index (χ3v) is 3.72. The summed E-state index contributed by atoms with van der Waals surface area (Å²) in [5.74, 6) is 1.97. The Morgan fingerprint density at radius 2 is 1.92 bits per heavy atom. The highest BCUT2D eigenvalue weighted by atomic mass is 35.5. The van der Waals surface area contributed by atoms with E-state index >= 15 is 0 Å². The second-order valence-electron chi connectivity index (χ2n) is 5.36. The van der Waals surface area contributed by atoms with E-state index in [4.69, 9.17) is 23.2 Å². The third kappa shape index (κ3) is 4.97. The van der Waals surface area contributed by atoms with Crippen LogP contribution in [0.4, 0.5) is 11.6 Å². The van der Waals surface area contributed by atoms with E-state index < -0.39 is 0 Å². The minimum absolute atomic E-state index is 0.244. The molecule has 8 heteroatoms. The van der Waals surface area contributed by atoms with E-state index in [1.807, 2.05) is 32.0 Å². The predicted octanol–water partition coefficient (Wildman–Crippen LogP) is 3.00. The fourth-order valence-corrected chi connectivity index (χ4v) is 2.50. The normalized spacial score (nSPS) is 10.4. The van der Waals surface area contributed by atoms with Gasteiger partial charge in [0.1, 0.15) is 17.5 Å². The van der Waals surface area contributed by atoms with Gasteiger partial charge >= 0.3 is 0 Å². The molecule has 1 aromatic heterocycles. The van der Waals surface area contributed by atoms with Crippen molar-refractivity contribution < 1.29 is 4.79 Å². The van der Waals surface area contributed by atoms with Crippen molar-refractivity contribution in [2.75, 3.05) is 37.4 Å². The minimum Gasteiger partial charge on any atom is -0.368 e. The molecule has 6 nitrogen and oxygen atoms in total. The summed E-state index contributed by atoms with van der Waals surface area (Å²) in [6.45, 7) is 2.79. The lowest BCUT2D eigenvalue weighted by molar-refractivity contribution is 0.0955. The van der Waals surface area contributed by atoms with E-state index in [9.17, 15) is 4.79 Å². The molecule has 0 saturated heterocycles. The average Bonchev–Trinajstić information content (AvgIpc) is 2.50. The number of amides is 1. The van der Waals surface area contributed by atoms with Crippen molar-refractivity contribution in [3.63, 3.8) is 0 Å². The van der Waals surface area contributed by atoms with Gasteiger partial charge in [-0.05, 0) is 25.1 Å². The van der Waals surface area contributed by atoms with Crippen LogP contribution in [-0.2, 0) is 0 Å². The molecule has 0 saturated carbocycles. The first kappa shape index (κ1) is 18.3. The van der Waals surface area contributed by atoms with Gasteiger partial charge in [-0.15, -0.1) is 0 Å². The van der Waals surface area contributed by atoms with Gasteiger partial charge in [0, 0.05) is 38.3 Å². The van der Waals surface area contributed by atoms with E-state index in [0.29, 0.717) is 40.3 Å². The van der Waals surface area contributed by atoms with Gasteiger partial charge in [-0.1, -0.05) is 23.2 Å². The molecule has 2 N–H and O–H groups in total. The van der Waals surface area contributed by atoms with Gasteiger partial charge in [0.2, 0.25) is 0 Å². The third-order valence-electron chi connectivity index (χ3n) is 3.18. The highest BCUT2D eigenvalue weighted by Gasteiger charge is 2.10. The molecule has 0 unspecified atom stereocenters. The number of carbonyl (C=O) groups is 1. The summed E-state index contributed by atoms with van der Waals surface area (Å²) in [6.07, 6.45) is 0. The second kappa shape index (κ2) is 8.17. The predicted molar refractivity (Wildman–Crippen MR) is 98.4 cm³/mol. The minimum atomic E-state index is -0.244. The SMILES string of the molecule is Cc1nc(NCCNC(=O)c2ccc(Cl)cc2Cl)cc(N(C)C)n1. The van der Waals surface area contributed by atoms with Gasteiger partial charge in [0.15, 0.2) is 0 Å². The number of aromatic nitrogens is 2. The zero-order chi connectivity index (χ0) is 17.7. The van der Waals surface area contributed by atoms with Crippen LogP contribution in [0, 0.1) is 6.92 Å². The maximum atomic E-state index is 12.1. The Hall–Kier alpha value is -2.05. The summed E-state index contributed by atoms with van der Waals surface area (Å²) in [5, 5.41) is 6.79. The van der Waals surface area contributed by atoms with Gasteiger partial charge in [-0.2, -0.15) is 0 Å². The number of aryl methyl sites for hydroxylation is 1. The van der Waals surface area contributed by atoms with Gasteiger partial charge in [0.25, 0.3) is 5.91 Å². The molecule has 0 aliphatic heterocycles. The summed E-state index contributed by atoms with van der Waals surface area (Å²) in [6, 6.07) is 6.63. The van der Waals surface area contributed by atoms with Gasteiger partial charge in [-0.25, -0.2) is 9.97 Å². The fraction of sp³-hybridized carbons (Fsp3) is 0.312. The number of hydrogen-bond donors (Lipinski definition) is 2. The van der Waals surface area contributed by atoms with Crippen LogP contribution in [0.1, 0.15) is 16.2 Å². The molecule has 1 aromatic carbocycles. The molecule has 128 valence electrons. The Kier molecular flexibility index (Phi) is 6.23. The van der Waals surface area contributed by atoms with Gasteiger partial charge in [0.05, 0.1) is 10.6 Å². The van der Waals surface area contributed by atoms with Crippen LogP contribution in [0.25, 0.3) is 0 Å². The van der Waals surface area contributed by atoms with Crippen LogP contribution in [0.3, 0.4) is 0 Å². The number of nitrogens with zero attached hydrogens (tertiary/aromatic N) is 3. The first-order valence-corrected chi connectivity index (χ1v) is 8.12. The summed E-state index contributed by atoms with van der Waals surface area (Å²) in [4.78, 5) is 22.6. The van der Waals surface area contributed by atoms with Crippen LogP contribution in [0.2, 0.25) is 10.0 Å². The first-order chi connectivity index (χ1) is 11.4. The van der Waals surface area contributed by atoms with E-state index in [1.54, 1.807) is 18.2 Å². The molecule has 0 aliphatic carbocycles. The van der Waals surface area contributed by atoms with Gasteiger partial charge < -0.3 is 15.5 Å². The Bertz CT molecular complexity index is 736. The molecule has 2 aromatic rings. The molecular formula is C16H19Cl2N5O. The van der Waals surface area contributed by atoms with Crippen molar-refractivity contribution in [2.45, 2.75) is 6.92 Å². The van der Waals surface area contributed by atoms with Crippen molar-refractivity contribution in [1.29, 1.82) is 0 Å². The maximum absolute atomic E-state index is 12.1. The Morgan fingerprint density at radius 1 is 1.17 bits per heavy atom. The molecule has 1 amide bonds. The molecule has 0 fully saturated rings. The Labute approximate surface area is 151 Å². The van der Waals surface area contributed by atoms with Crippen molar-refractivity contribution in [1.82, 2.24) is 15.3 Å². The fourth-order valence-electron chi connectivity index (χ4n) is 2.01. The largest absolute Gasteiger partial charge is 0.368 e. The summed E-state index contributed by atoms with van der Waals surface area (Å²) >= 11 is 11.8. The Balaban J connectivity index is 1.88. The number of anilines is 2. The molecule has 24 heavy (non-hydrogen) atoms. The molecule has 1 heterocycles. The molecule has 0 atom stereocenters. The number of carbonyl (C=O) groups excluding carboxylic acids is 1. The standard InChI is InChI=1S/C16H19Cl2N5O/c1-10-21-14(9-15(22-10)23(2)3)19-6-7-20-16(24)12-5-4-11(17)8-13(12)18/h4-5,8-9H,6-7H2,1-3H3,(H,20,24)(H,19,21,22). The van der Waals surface area contributed by atoms with E-state index in [2.05, 4.69) is 20.6 Å². The lowest BCUT2D eigenvalue weighted by Gasteiger charge is -2.14. The summed E-state index contributed by atoms with van der Waals surface area (Å²) in [7, 11) is 3.84. The lowest BCUT2D eigenvalue weighted by Crippen LogP contribution is -2.29. The quantitative estimate of drug-likeness (QED) is 0.768. The highest BCUT2D eigenvalue weighted by Crippen LogP contribution is 2.20. The zero-order valence-corrected chi connectivity index (χ0v) is 15.2. The van der Waals surface area contributed by atoms with Crippen LogP contribution < -0.4 is 15.5 Å². The van der Waals surface area contributed by atoms with Crippen molar-refractivity contribution in [3.05, 3.63) is 45.7 Å². The first-order valence-electron chi connectivity index (χ1n) is 7.37. The monoisotopic (exact) mass is 367 g/mol. The van der Waals surface area contributed by atoms with E-state index in [-0.39, 0.29) is 5.91 Å². The molecule has 0 aliphatic rings. The Morgan fingerprint density at radius 3 is 2.58 bits per heavy atom. The van der Waals surface area contributed by atoms with Crippen LogP contribution in [-0.4, -0.2) is 43.1 Å². The lowest BCUT2D eigenvalue weighted by atomic mass is 10.2. The molecule has 0 radical (unpaired) electrons.